The molecule has 0 aliphatic carbocycles. The van der Waals surface area contributed by atoms with E-state index in [4.69, 9.17) is 10.3 Å². The summed E-state index contributed by atoms with van der Waals surface area (Å²) in [4.78, 5) is 4.72. The molecule has 6 heteroatoms. The fourth-order valence-electron chi connectivity index (χ4n) is 1.62. The highest BCUT2D eigenvalue weighted by Crippen LogP contribution is 2.12. The fraction of sp³-hybridized carbons (Fsp3) is 1.00. The van der Waals surface area contributed by atoms with Crippen molar-refractivity contribution in [3.63, 3.8) is 0 Å². The molecule has 0 aromatic heterocycles. The van der Waals surface area contributed by atoms with Crippen LogP contribution in [0.5, 0.6) is 0 Å². The molecule has 1 aliphatic rings. The second-order valence-electron chi connectivity index (χ2n) is 3.28. The van der Waals surface area contributed by atoms with Gasteiger partial charge in [0.2, 0.25) is 0 Å². The Morgan fingerprint density at radius 1 is 1.64 bits per heavy atom. The third-order valence-corrected chi connectivity index (χ3v) is 2.27. The van der Waals surface area contributed by atoms with Crippen LogP contribution in [-0.2, 0) is 4.74 Å². The van der Waals surface area contributed by atoms with E-state index in [-0.39, 0.29) is 6.10 Å². The molecule has 0 aromatic carbocycles. The van der Waals surface area contributed by atoms with Gasteiger partial charge in [0.05, 0.1) is 12.2 Å². The molecular formula is C8H16N4O2. The summed E-state index contributed by atoms with van der Waals surface area (Å²) in [7, 11) is 0. The molecule has 0 saturated carbocycles. The lowest BCUT2D eigenvalue weighted by molar-refractivity contribution is -0.00240. The molecule has 1 N–H and O–H groups in total. The van der Waals surface area contributed by atoms with Gasteiger partial charge >= 0.3 is 0 Å². The van der Waals surface area contributed by atoms with Crippen LogP contribution in [0.4, 0.5) is 0 Å². The van der Waals surface area contributed by atoms with E-state index in [0.717, 1.165) is 6.54 Å². The Morgan fingerprint density at radius 2 is 2.43 bits per heavy atom. The van der Waals surface area contributed by atoms with Gasteiger partial charge in [-0.2, -0.15) is 0 Å². The number of aliphatic hydroxyl groups excluding tert-OH is 1. The standard InChI is InChI=1S/C8H16N4O2/c1-2-14-8-6-12(5-7(8)13)4-3-10-11-9/h7-8,13H,2-6H2,1H3/t7-,8+/m1/s1. The van der Waals surface area contributed by atoms with Crippen LogP contribution in [-0.4, -0.2) is 55.0 Å². The van der Waals surface area contributed by atoms with Gasteiger partial charge in [0.25, 0.3) is 0 Å². The molecule has 6 nitrogen and oxygen atoms in total. The van der Waals surface area contributed by atoms with E-state index >= 15 is 0 Å². The molecule has 0 bridgehead atoms. The Morgan fingerprint density at radius 3 is 3.07 bits per heavy atom. The molecule has 0 amide bonds. The molecule has 0 aromatic rings. The maximum atomic E-state index is 9.58. The lowest BCUT2D eigenvalue weighted by atomic mass is 10.3. The number of rotatable bonds is 5. The van der Waals surface area contributed by atoms with Gasteiger partial charge in [-0.3, -0.25) is 4.90 Å². The predicted octanol–water partition coefficient (Wildman–Crippen LogP) is 0.378. The highest BCUT2D eigenvalue weighted by Gasteiger charge is 2.30. The van der Waals surface area contributed by atoms with Crippen molar-refractivity contribution in [1.29, 1.82) is 0 Å². The van der Waals surface area contributed by atoms with E-state index in [1.807, 2.05) is 11.8 Å². The summed E-state index contributed by atoms with van der Waals surface area (Å²) in [6.45, 7) is 4.98. The lowest BCUT2D eigenvalue weighted by Crippen LogP contribution is -2.27. The number of ether oxygens (including phenoxy) is 1. The first-order valence-electron chi connectivity index (χ1n) is 4.80. The molecule has 1 saturated heterocycles. The summed E-state index contributed by atoms with van der Waals surface area (Å²) in [6, 6.07) is 0. The zero-order valence-corrected chi connectivity index (χ0v) is 8.33. The molecule has 0 spiro atoms. The van der Waals surface area contributed by atoms with Gasteiger partial charge in [0.15, 0.2) is 0 Å². The van der Waals surface area contributed by atoms with Crippen molar-refractivity contribution in [2.45, 2.75) is 19.1 Å². The van der Waals surface area contributed by atoms with Crippen LogP contribution in [0.25, 0.3) is 10.4 Å². The normalized spacial score (nSPS) is 27.6. The van der Waals surface area contributed by atoms with Crippen molar-refractivity contribution >= 4 is 0 Å². The van der Waals surface area contributed by atoms with Gasteiger partial charge in [-0.25, -0.2) is 0 Å². The monoisotopic (exact) mass is 200 g/mol. The van der Waals surface area contributed by atoms with Crippen LogP contribution in [0.2, 0.25) is 0 Å². The third kappa shape index (κ3) is 3.16. The minimum Gasteiger partial charge on any atom is -0.389 e. The lowest BCUT2D eigenvalue weighted by Gasteiger charge is -2.13. The number of aliphatic hydroxyl groups is 1. The number of hydrogen-bond acceptors (Lipinski definition) is 4. The Kier molecular flexibility index (Phi) is 4.69. The zero-order valence-electron chi connectivity index (χ0n) is 8.33. The second-order valence-corrected chi connectivity index (χ2v) is 3.28. The van der Waals surface area contributed by atoms with Gasteiger partial charge in [-0.15, -0.1) is 0 Å². The van der Waals surface area contributed by atoms with Gasteiger partial charge in [0, 0.05) is 37.7 Å². The van der Waals surface area contributed by atoms with Gasteiger partial charge < -0.3 is 9.84 Å². The molecule has 1 heterocycles. The van der Waals surface area contributed by atoms with Gasteiger partial charge in [0.1, 0.15) is 0 Å². The van der Waals surface area contributed by atoms with Crippen LogP contribution in [0.1, 0.15) is 6.92 Å². The van der Waals surface area contributed by atoms with Gasteiger partial charge in [-0.1, -0.05) is 5.11 Å². The number of likely N-dealkylation sites (tertiary alicyclic amines) is 1. The van der Waals surface area contributed by atoms with Crippen LogP contribution in [0.15, 0.2) is 5.11 Å². The van der Waals surface area contributed by atoms with E-state index in [1.165, 1.54) is 0 Å². The Bertz CT molecular complexity index is 217. The van der Waals surface area contributed by atoms with E-state index < -0.39 is 6.10 Å². The fourth-order valence-corrected chi connectivity index (χ4v) is 1.62. The van der Waals surface area contributed by atoms with Crippen molar-refractivity contribution in [3.8, 4) is 0 Å². The summed E-state index contributed by atoms with van der Waals surface area (Å²) in [5, 5.41) is 13.0. The van der Waals surface area contributed by atoms with E-state index in [2.05, 4.69) is 10.0 Å². The number of β-amino-alcohol motifs (C(OH)–C–C–N with tert-alkyl or cyclic N) is 1. The zero-order chi connectivity index (χ0) is 10.4. The molecule has 2 atom stereocenters. The molecule has 1 rings (SSSR count). The molecule has 1 fully saturated rings. The van der Waals surface area contributed by atoms with E-state index in [9.17, 15) is 5.11 Å². The Labute approximate surface area is 83.1 Å². The summed E-state index contributed by atoms with van der Waals surface area (Å²) in [5.74, 6) is 0. The number of hydrogen-bond donors (Lipinski definition) is 1. The van der Waals surface area contributed by atoms with Crippen LogP contribution < -0.4 is 0 Å². The van der Waals surface area contributed by atoms with Crippen LogP contribution in [0, 0.1) is 0 Å². The van der Waals surface area contributed by atoms with Crippen LogP contribution >= 0.6 is 0 Å². The average Bonchev–Trinajstić information content (AvgIpc) is 2.49. The predicted molar refractivity (Wildman–Crippen MR) is 51.9 cm³/mol. The third-order valence-electron chi connectivity index (χ3n) is 2.27. The average molecular weight is 200 g/mol. The topological polar surface area (TPSA) is 81.5 Å². The minimum absolute atomic E-state index is 0.0916. The minimum atomic E-state index is -0.416. The summed E-state index contributed by atoms with van der Waals surface area (Å²) < 4.78 is 5.36. The van der Waals surface area contributed by atoms with E-state index in [1.54, 1.807) is 0 Å². The second kappa shape index (κ2) is 5.82. The number of azide groups is 1. The van der Waals surface area contributed by atoms with Crippen molar-refractivity contribution in [2.24, 2.45) is 5.11 Å². The molecule has 0 radical (unpaired) electrons. The Hall–Kier alpha value is -0.810. The molecule has 14 heavy (non-hydrogen) atoms. The summed E-state index contributed by atoms with van der Waals surface area (Å²) in [5.41, 5.74) is 8.09. The summed E-state index contributed by atoms with van der Waals surface area (Å²) >= 11 is 0. The van der Waals surface area contributed by atoms with Crippen LogP contribution in [0.3, 0.4) is 0 Å². The molecule has 80 valence electrons. The highest BCUT2D eigenvalue weighted by atomic mass is 16.5. The molecule has 1 aliphatic heterocycles. The first-order valence-corrected chi connectivity index (χ1v) is 4.80. The first-order chi connectivity index (χ1) is 6.77. The van der Waals surface area contributed by atoms with Crippen molar-refractivity contribution < 1.29 is 9.84 Å². The number of nitrogens with zero attached hydrogens (tertiary/aromatic N) is 4. The largest absolute Gasteiger partial charge is 0.389 e. The maximum Gasteiger partial charge on any atom is 0.0972 e. The summed E-state index contributed by atoms with van der Waals surface area (Å²) in [6.07, 6.45) is -0.507. The smallest absolute Gasteiger partial charge is 0.0972 e. The van der Waals surface area contributed by atoms with E-state index in [0.29, 0.717) is 26.2 Å². The first kappa shape index (κ1) is 11.3. The quantitative estimate of drug-likeness (QED) is 0.395. The van der Waals surface area contributed by atoms with Crippen molar-refractivity contribution in [1.82, 2.24) is 4.90 Å². The SMILES string of the molecule is CCO[C@H]1CN(CCN=[N+]=[N-])C[C@H]1O. The molecular weight excluding hydrogens is 184 g/mol. The maximum absolute atomic E-state index is 9.58. The van der Waals surface area contributed by atoms with Crippen molar-refractivity contribution in [2.75, 3.05) is 32.8 Å². The Balaban J connectivity index is 2.27. The van der Waals surface area contributed by atoms with Gasteiger partial charge in [-0.05, 0) is 12.5 Å². The molecule has 0 unspecified atom stereocenters. The highest BCUT2D eigenvalue weighted by molar-refractivity contribution is 4.84. The van der Waals surface area contributed by atoms with Crippen molar-refractivity contribution in [3.05, 3.63) is 10.4 Å².